The summed E-state index contributed by atoms with van der Waals surface area (Å²) in [5.41, 5.74) is 9.90. The second kappa shape index (κ2) is 5.07. The Morgan fingerprint density at radius 3 is 2.70 bits per heavy atom. The molecule has 2 N–H and O–H groups in total. The smallest absolute Gasteiger partial charge is 0.134 e. The van der Waals surface area contributed by atoms with Gasteiger partial charge in [0.05, 0.1) is 29.0 Å². The first-order valence-electron chi connectivity index (χ1n) is 6.50. The average Bonchev–Trinajstić information content (AvgIpc) is 2.93. The van der Waals surface area contributed by atoms with Crippen molar-refractivity contribution >= 4 is 26.9 Å². The van der Waals surface area contributed by atoms with Gasteiger partial charge in [-0.15, -0.1) is 0 Å². The van der Waals surface area contributed by atoms with Gasteiger partial charge in [0.2, 0.25) is 0 Å². The number of aromatic nitrogens is 2. The van der Waals surface area contributed by atoms with Crippen molar-refractivity contribution in [2.45, 2.75) is 26.9 Å². The molecule has 3 aromatic rings. The molecule has 0 fully saturated rings. The Morgan fingerprint density at radius 1 is 1.30 bits per heavy atom. The van der Waals surface area contributed by atoms with Crippen LogP contribution >= 0.6 is 15.9 Å². The first-order chi connectivity index (χ1) is 9.61. The van der Waals surface area contributed by atoms with Crippen molar-refractivity contribution in [3.63, 3.8) is 0 Å². The van der Waals surface area contributed by atoms with Crippen LogP contribution in [0.5, 0.6) is 0 Å². The summed E-state index contributed by atoms with van der Waals surface area (Å²) in [7, 11) is 0. The normalized spacial score (nSPS) is 11.4. The molecular formula is C15H16BrN3O. The van der Waals surface area contributed by atoms with Crippen LogP contribution in [0.2, 0.25) is 0 Å². The molecule has 1 aromatic carbocycles. The van der Waals surface area contributed by atoms with Crippen LogP contribution in [0.25, 0.3) is 11.0 Å². The van der Waals surface area contributed by atoms with Gasteiger partial charge < -0.3 is 10.2 Å². The van der Waals surface area contributed by atoms with E-state index in [0.717, 1.165) is 38.2 Å². The number of aryl methyl sites for hydroxylation is 1. The molecule has 20 heavy (non-hydrogen) atoms. The number of furan rings is 1. The van der Waals surface area contributed by atoms with Gasteiger partial charge in [0, 0.05) is 10.9 Å². The molecule has 0 aliphatic rings. The van der Waals surface area contributed by atoms with Crippen LogP contribution in [0.1, 0.15) is 22.7 Å². The van der Waals surface area contributed by atoms with E-state index >= 15 is 0 Å². The van der Waals surface area contributed by atoms with E-state index in [4.69, 9.17) is 10.2 Å². The minimum absolute atomic E-state index is 0.393. The SMILES string of the molecule is Cc1nn(Cc2c(CN)oc3ccccc23)c(C)c1Br. The first kappa shape index (κ1) is 13.4. The number of hydrogen-bond donors (Lipinski definition) is 1. The quantitative estimate of drug-likeness (QED) is 0.797. The van der Waals surface area contributed by atoms with Crippen molar-refractivity contribution in [3.8, 4) is 0 Å². The molecule has 0 atom stereocenters. The number of nitrogens with zero attached hydrogens (tertiary/aromatic N) is 2. The lowest BCUT2D eigenvalue weighted by molar-refractivity contribution is 0.537. The summed E-state index contributed by atoms with van der Waals surface area (Å²) in [5, 5.41) is 5.66. The fourth-order valence-electron chi connectivity index (χ4n) is 2.47. The van der Waals surface area contributed by atoms with Crippen LogP contribution in [0.15, 0.2) is 33.2 Å². The third kappa shape index (κ3) is 2.07. The van der Waals surface area contributed by atoms with E-state index in [9.17, 15) is 0 Å². The zero-order chi connectivity index (χ0) is 14.3. The Bertz CT molecular complexity index is 773. The fourth-order valence-corrected chi connectivity index (χ4v) is 2.75. The topological polar surface area (TPSA) is 57.0 Å². The average molecular weight is 334 g/mol. The summed E-state index contributed by atoms with van der Waals surface area (Å²) in [5.74, 6) is 0.829. The molecule has 0 bridgehead atoms. The molecule has 0 saturated heterocycles. The van der Waals surface area contributed by atoms with Gasteiger partial charge >= 0.3 is 0 Å². The van der Waals surface area contributed by atoms with E-state index < -0.39 is 0 Å². The number of hydrogen-bond acceptors (Lipinski definition) is 3. The van der Waals surface area contributed by atoms with E-state index in [1.54, 1.807) is 0 Å². The van der Waals surface area contributed by atoms with Gasteiger partial charge in [0.15, 0.2) is 0 Å². The van der Waals surface area contributed by atoms with Gasteiger partial charge in [-0.1, -0.05) is 18.2 Å². The fraction of sp³-hybridized carbons (Fsp3) is 0.267. The minimum Gasteiger partial charge on any atom is -0.459 e. The molecule has 2 heterocycles. The highest BCUT2D eigenvalue weighted by molar-refractivity contribution is 9.10. The second-order valence-corrected chi connectivity index (χ2v) is 5.64. The van der Waals surface area contributed by atoms with E-state index in [1.165, 1.54) is 0 Å². The number of fused-ring (bicyclic) bond motifs is 1. The molecule has 0 spiro atoms. The third-order valence-electron chi connectivity index (χ3n) is 3.57. The lowest BCUT2D eigenvalue weighted by atomic mass is 10.1. The highest BCUT2D eigenvalue weighted by Crippen LogP contribution is 2.28. The van der Waals surface area contributed by atoms with E-state index in [-0.39, 0.29) is 0 Å². The van der Waals surface area contributed by atoms with E-state index in [1.807, 2.05) is 29.8 Å². The maximum absolute atomic E-state index is 5.82. The molecule has 0 amide bonds. The molecule has 3 rings (SSSR count). The van der Waals surface area contributed by atoms with Crippen LogP contribution in [0.3, 0.4) is 0 Å². The number of benzene rings is 1. The Morgan fingerprint density at radius 2 is 2.05 bits per heavy atom. The molecule has 0 unspecified atom stereocenters. The molecule has 104 valence electrons. The van der Waals surface area contributed by atoms with Gasteiger partial charge in [0.25, 0.3) is 0 Å². The molecule has 0 saturated carbocycles. The lowest BCUT2D eigenvalue weighted by Crippen LogP contribution is -2.07. The standard InChI is InChI=1S/C15H16BrN3O/c1-9-15(16)10(2)19(18-9)8-12-11-5-3-4-6-13(11)20-14(12)7-17/h3-6H,7-8,17H2,1-2H3. The van der Waals surface area contributed by atoms with Gasteiger partial charge in [-0.05, 0) is 35.8 Å². The number of nitrogens with two attached hydrogens (primary N) is 1. The predicted molar refractivity (Wildman–Crippen MR) is 82.6 cm³/mol. The maximum atomic E-state index is 5.82. The third-order valence-corrected chi connectivity index (χ3v) is 4.72. The summed E-state index contributed by atoms with van der Waals surface area (Å²) < 4.78 is 8.86. The van der Waals surface area contributed by atoms with E-state index in [0.29, 0.717) is 13.1 Å². The largest absolute Gasteiger partial charge is 0.459 e. The highest BCUT2D eigenvalue weighted by atomic mass is 79.9. The molecule has 2 aromatic heterocycles. The highest BCUT2D eigenvalue weighted by Gasteiger charge is 2.16. The van der Waals surface area contributed by atoms with Crippen LogP contribution in [0, 0.1) is 13.8 Å². The van der Waals surface area contributed by atoms with E-state index in [2.05, 4.69) is 34.0 Å². The number of para-hydroxylation sites is 1. The zero-order valence-corrected chi connectivity index (χ0v) is 13.1. The lowest BCUT2D eigenvalue weighted by Gasteiger charge is -2.05. The van der Waals surface area contributed by atoms with Crippen LogP contribution in [0.4, 0.5) is 0 Å². The van der Waals surface area contributed by atoms with Gasteiger partial charge in [-0.3, -0.25) is 4.68 Å². The van der Waals surface area contributed by atoms with Gasteiger partial charge in [-0.25, -0.2) is 0 Å². The Balaban J connectivity index is 2.12. The van der Waals surface area contributed by atoms with Crippen molar-refractivity contribution < 1.29 is 4.42 Å². The monoisotopic (exact) mass is 333 g/mol. The van der Waals surface area contributed by atoms with Crippen molar-refractivity contribution in [1.82, 2.24) is 9.78 Å². The van der Waals surface area contributed by atoms with Crippen molar-refractivity contribution in [2.24, 2.45) is 5.73 Å². The zero-order valence-electron chi connectivity index (χ0n) is 11.5. The van der Waals surface area contributed by atoms with Gasteiger partial charge in [-0.2, -0.15) is 5.10 Å². The minimum atomic E-state index is 0.393. The number of rotatable bonds is 3. The predicted octanol–water partition coefficient (Wildman–Crippen LogP) is 3.52. The molecular weight excluding hydrogens is 318 g/mol. The van der Waals surface area contributed by atoms with Crippen molar-refractivity contribution in [2.75, 3.05) is 0 Å². The molecule has 0 radical (unpaired) electrons. The van der Waals surface area contributed by atoms with Crippen molar-refractivity contribution in [1.29, 1.82) is 0 Å². The first-order valence-corrected chi connectivity index (χ1v) is 7.30. The molecule has 5 heteroatoms. The Hall–Kier alpha value is -1.59. The summed E-state index contributed by atoms with van der Waals surface area (Å²) in [6.45, 7) is 5.10. The summed E-state index contributed by atoms with van der Waals surface area (Å²) >= 11 is 3.56. The van der Waals surface area contributed by atoms with Crippen molar-refractivity contribution in [3.05, 3.63) is 51.4 Å². The van der Waals surface area contributed by atoms with Crippen LogP contribution in [-0.2, 0) is 13.1 Å². The summed E-state index contributed by atoms with van der Waals surface area (Å²) in [6.07, 6.45) is 0. The summed E-state index contributed by atoms with van der Waals surface area (Å²) in [6, 6.07) is 8.01. The number of halogens is 1. The summed E-state index contributed by atoms with van der Waals surface area (Å²) in [4.78, 5) is 0. The Labute approximate surface area is 125 Å². The second-order valence-electron chi connectivity index (χ2n) is 4.85. The van der Waals surface area contributed by atoms with Crippen LogP contribution < -0.4 is 5.73 Å². The molecule has 4 nitrogen and oxygen atoms in total. The molecule has 0 aliphatic heterocycles. The van der Waals surface area contributed by atoms with Crippen LogP contribution in [-0.4, -0.2) is 9.78 Å². The van der Waals surface area contributed by atoms with Gasteiger partial charge in [0.1, 0.15) is 11.3 Å². The maximum Gasteiger partial charge on any atom is 0.134 e. The molecule has 0 aliphatic carbocycles. The Kier molecular flexibility index (Phi) is 3.40.